The molecule has 1 amide bonds. The second-order valence-electron chi connectivity index (χ2n) is 7.14. The van der Waals surface area contributed by atoms with Gasteiger partial charge in [-0.1, -0.05) is 48.5 Å². The Morgan fingerprint density at radius 2 is 1.97 bits per heavy atom. The molecule has 7 nitrogen and oxygen atoms in total. The van der Waals surface area contributed by atoms with Gasteiger partial charge in [0.1, 0.15) is 5.69 Å². The van der Waals surface area contributed by atoms with Crippen molar-refractivity contribution in [2.75, 3.05) is 5.32 Å². The van der Waals surface area contributed by atoms with Crippen LogP contribution < -0.4 is 10.9 Å². The maximum absolute atomic E-state index is 12.6. The zero-order valence-corrected chi connectivity index (χ0v) is 16.9. The Morgan fingerprint density at radius 1 is 1.17 bits per heavy atom. The lowest BCUT2D eigenvalue weighted by atomic mass is 10.1. The van der Waals surface area contributed by atoms with Gasteiger partial charge in [0.25, 0.3) is 5.56 Å². The van der Waals surface area contributed by atoms with E-state index < -0.39 is 0 Å². The molecule has 0 radical (unpaired) electrons. The van der Waals surface area contributed by atoms with Crippen LogP contribution in [-0.4, -0.2) is 20.6 Å². The molecule has 0 bridgehead atoms. The molecule has 2 heterocycles. The summed E-state index contributed by atoms with van der Waals surface area (Å²) in [5.41, 5.74) is 4.28. The van der Waals surface area contributed by atoms with E-state index in [0.29, 0.717) is 16.6 Å². The number of fused-ring (bicyclic) bond motifs is 1. The zero-order chi connectivity index (χ0) is 21.1. The van der Waals surface area contributed by atoms with Crippen LogP contribution in [0.4, 0.5) is 5.88 Å². The minimum atomic E-state index is -0.268. The number of nitrogens with zero attached hydrogens (tertiary/aromatic N) is 3. The molecule has 1 N–H and O–H groups in total. The van der Waals surface area contributed by atoms with Gasteiger partial charge in [-0.05, 0) is 30.5 Å². The fourth-order valence-corrected chi connectivity index (χ4v) is 3.30. The topological polar surface area (TPSA) is 90.0 Å². The minimum Gasteiger partial charge on any atom is -0.338 e. The Balaban J connectivity index is 1.41. The van der Waals surface area contributed by atoms with Gasteiger partial charge in [0.2, 0.25) is 11.8 Å². The first kappa shape index (κ1) is 19.6. The van der Waals surface area contributed by atoms with E-state index in [1.165, 1.54) is 16.5 Å². The van der Waals surface area contributed by atoms with E-state index in [-0.39, 0.29) is 30.3 Å². The van der Waals surface area contributed by atoms with Crippen LogP contribution in [0.3, 0.4) is 0 Å². The molecule has 0 aliphatic carbocycles. The molecule has 2 aromatic heterocycles. The molecule has 0 unspecified atom stereocenters. The SMILES string of the molecule is CCc1ccc(-c2cc(NC(=O)CCn3cnc4c(C)cccc4c3=O)on2)cc1. The number of carbonyl (C=O) groups excluding carboxylic acids is 1. The van der Waals surface area contributed by atoms with Crippen LogP contribution in [0.2, 0.25) is 0 Å². The predicted octanol–water partition coefficient (Wildman–Crippen LogP) is 3.95. The smallest absolute Gasteiger partial charge is 0.261 e. The van der Waals surface area contributed by atoms with Crippen LogP contribution in [-0.2, 0) is 17.8 Å². The molecule has 0 aliphatic heterocycles. The van der Waals surface area contributed by atoms with Crippen molar-refractivity contribution in [1.29, 1.82) is 0 Å². The third-order valence-corrected chi connectivity index (χ3v) is 5.07. The third-order valence-electron chi connectivity index (χ3n) is 5.07. The number of para-hydroxylation sites is 1. The van der Waals surface area contributed by atoms with Crippen molar-refractivity contribution in [3.05, 3.63) is 76.3 Å². The number of carbonyl (C=O) groups is 1. The van der Waals surface area contributed by atoms with Gasteiger partial charge in [0.15, 0.2) is 0 Å². The molecule has 30 heavy (non-hydrogen) atoms. The van der Waals surface area contributed by atoms with Crippen molar-refractivity contribution in [3.63, 3.8) is 0 Å². The second-order valence-corrected chi connectivity index (χ2v) is 7.14. The maximum Gasteiger partial charge on any atom is 0.261 e. The van der Waals surface area contributed by atoms with Gasteiger partial charge in [0.05, 0.1) is 17.2 Å². The van der Waals surface area contributed by atoms with Crippen molar-refractivity contribution in [3.8, 4) is 11.3 Å². The predicted molar refractivity (Wildman–Crippen MR) is 115 cm³/mol. The average molecular weight is 402 g/mol. The van der Waals surface area contributed by atoms with Gasteiger partial charge in [-0.15, -0.1) is 0 Å². The summed E-state index contributed by atoms with van der Waals surface area (Å²) in [7, 11) is 0. The van der Waals surface area contributed by atoms with Gasteiger partial charge in [-0.25, -0.2) is 4.98 Å². The molecule has 7 heteroatoms. The number of amides is 1. The summed E-state index contributed by atoms with van der Waals surface area (Å²) in [5.74, 6) is 0.00412. The Morgan fingerprint density at radius 3 is 2.73 bits per heavy atom. The van der Waals surface area contributed by atoms with Crippen molar-refractivity contribution < 1.29 is 9.32 Å². The van der Waals surface area contributed by atoms with Crippen LogP contribution in [0.15, 0.2) is 64.2 Å². The number of aromatic nitrogens is 3. The zero-order valence-electron chi connectivity index (χ0n) is 16.9. The standard InChI is InChI=1S/C23H22N4O3/c1-3-16-7-9-17(10-8-16)19-13-21(30-26-19)25-20(28)11-12-27-14-24-22-15(2)5-4-6-18(22)23(27)29/h4-10,13-14H,3,11-12H2,1-2H3,(H,25,28). The van der Waals surface area contributed by atoms with E-state index in [4.69, 9.17) is 4.52 Å². The number of benzene rings is 2. The number of nitrogens with one attached hydrogen (secondary N) is 1. The van der Waals surface area contributed by atoms with Crippen LogP contribution >= 0.6 is 0 Å². The molecular weight excluding hydrogens is 380 g/mol. The molecular formula is C23H22N4O3. The number of hydrogen-bond donors (Lipinski definition) is 1. The normalized spacial score (nSPS) is 11.0. The van der Waals surface area contributed by atoms with Gasteiger partial charge in [0, 0.05) is 24.6 Å². The quantitative estimate of drug-likeness (QED) is 0.527. The fraction of sp³-hybridized carbons (Fsp3) is 0.217. The Labute approximate surface area is 173 Å². The van der Waals surface area contributed by atoms with Crippen LogP contribution in [0, 0.1) is 6.92 Å². The summed E-state index contributed by atoms with van der Waals surface area (Å²) in [4.78, 5) is 29.3. The lowest BCUT2D eigenvalue weighted by Gasteiger charge is -2.07. The Hall–Kier alpha value is -3.74. The summed E-state index contributed by atoms with van der Waals surface area (Å²) >= 11 is 0. The van der Waals surface area contributed by atoms with E-state index in [0.717, 1.165) is 17.5 Å². The van der Waals surface area contributed by atoms with Gasteiger partial charge >= 0.3 is 0 Å². The summed E-state index contributed by atoms with van der Waals surface area (Å²) in [6.07, 6.45) is 2.56. The summed E-state index contributed by atoms with van der Waals surface area (Å²) < 4.78 is 6.68. The van der Waals surface area contributed by atoms with E-state index in [2.05, 4.69) is 22.4 Å². The van der Waals surface area contributed by atoms with Crippen LogP contribution in [0.5, 0.6) is 0 Å². The van der Waals surface area contributed by atoms with Gasteiger partial charge in [-0.2, -0.15) is 0 Å². The first-order chi connectivity index (χ1) is 14.5. The van der Waals surface area contributed by atoms with Crippen molar-refractivity contribution in [1.82, 2.24) is 14.7 Å². The van der Waals surface area contributed by atoms with E-state index in [1.807, 2.05) is 43.3 Å². The molecule has 0 atom stereocenters. The molecule has 0 aliphatic rings. The van der Waals surface area contributed by atoms with E-state index in [1.54, 1.807) is 12.1 Å². The van der Waals surface area contributed by atoms with Gasteiger partial charge in [-0.3, -0.25) is 19.5 Å². The number of aryl methyl sites for hydroxylation is 3. The summed E-state index contributed by atoms with van der Waals surface area (Å²) in [6.45, 7) is 4.24. The monoisotopic (exact) mass is 402 g/mol. The lowest BCUT2D eigenvalue weighted by Crippen LogP contribution is -2.23. The molecule has 0 fully saturated rings. The first-order valence-electron chi connectivity index (χ1n) is 9.86. The molecule has 0 saturated carbocycles. The van der Waals surface area contributed by atoms with E-state index >= 15 is 0 Å². The second kappa shape index (κ2) is 8.32. The number of rotatable bonds is 6. The van der Waals surface area contributed by atoms with Gasteiger partial charge < -0.3 is 4.52 Å². The maximum atomic E-state index is 12.6. The highest BCUT2D eigenvalue weighted by Crippen LogP contribution is 2.22. The number of anilines is 1. The molecule has 2 aromatic carbocycles. The highest BCUT2D eigenvalue weighted by Gasteiger charge is 2.11. The number of hydrogen-bond acceptors (Lipinski definition) is 5. The Bertz CT molecular complexity index is 1260. The lowest BCUT2D eigenvalue weighted by molar-refractivity contribution is -0.116. The third kappa shape index (κ3) is 4.00. The molecule has 0 spiro atoms. The summed E-state index contributed by atoms with van der Waals surface area (Å²) in [6, 6.07) is 15.2. The highest BCUT2D eigenvalue weighted by atomic mass is 16.5. The minimum absolute atomic E-state index is 0.111. The van der Waals surface area contributed by atoms with E-state index in [9.17, 15) is 9.59 Å². The van der Waals surface area contributed by atoms with Crippen molar-refractivity contribution >= 4 is 22.7 Å². The highest BCUT2D eigenvalue weighted by molar-refractivity contribution is 5.89. The molecule has 152 valence electrons. The Kier molecular flexibility index (Phi) is 5.43. The summed E-state index contributed by atoms with van der Waals surface area (Å²) in [5, 5.41) is 7.25. The van der Waals surface area contributed by atoms with Crippen LogP contribution in [0.25, 0.3) is 22.2 Å². The molecule has 4 rings (SSSR count). The first-order valence-corrected chi connectivity index (χ1v) is 9.86. The largest absolute Gasteiger partial charge is 0.338 e. The van der Waals surface area contributed by atoms with Crippen molar-refractivity contribution in [2.45, 2.75) is 33.2 Å². The molecule has 4 aromatic rings. The fourth-order valence-electron chi connectivity index (χ4n) is 3.30. The van der Waals surface area contributed by atoms with Crippen molar-refractivity contribution in [2.24, 2.45) is 0 Å². The van der Waals surface area contributed by atoms with Crippen LogP contribution in [0.1, 0.15) is 24.5 Å². The molecule has 0 saturated heterocycles. The average Bonchev–Trinajstić information content (AvgIpc) is 3.22.